The number of oxime groups is 1. The highest BCUT2D eigenvalue weighted by Crippen LogP contribution is 2.24. The molecule has 3 nitrogen and oxygen atoms in total. The van der Waals surface area contributed by atoms with Gasteiger partial charge in [0.2, 0.25) is 0 Å². The largest absolute Gasteiger partial charge is 0.505 e. The van der Waals surface area contributed by atoms with Gasteiger partial charge >= 0.3 is 0 Å². The Morgan fingerprint density at radius 3 is 2.24 bits per heavy atom. The van der Waals surface area contributed by atoms with E-state index in [2.05, 4.69) is 5.16 Å². The Morgan fingerprint density at radius 1 is 1.00 bits per heavy atom. The maximum Gasteiger partial charge on any atom is 0.165 e. The number of aromatic hydroxyl groups is 1. The van der Waals surface area contributed by atoms with Gasteiger partial charge in [0, 0.05) is 0 Å². The molecule has 0 unspecified atom stereocenters. The zero-order valence-corrected chi connectivity index (χ0v) is 8.84. The monoisotopic (exact) mass is 231 g/mol. The molecule has 17 heavy (non-hydrogen) atoms. The van der Waals surface area contributed by atoms with Gasteiger partial charge in [0.1, 0.15) is 0 Å². The van der Waals surface area contributed by atoms with Crippen molar-refractivity contribution in [1.29, 1.82) is 0 Å². The van der Waals surface area contributed by atoms with Crippen molar-refractivity contribution in [2.45, 2.75) is 0 Å². The summed E-state index contributed by atoms with van der Waals surface area (Å²) in [6.45, 7) is 0. The summed E-state index contributed by atoms with van der Waals surface area (Å²) < 4.78 is 13.2. The third-order valence-corrected chi connectivity index (χ3v) is 2.40. The van der Waals surface area contributed by atoms with Crippen molar-refractivity contribution in [3.05, 3.63) is 53.8 Å². The number of nitrogens with zero attached hydrogens (tertiary/aromatic N) is 1. The molecule has 0 saturated heterocycles. The molecule has 0 aromatic heterocycles. The van der Waals surface area contributed by atoms with Crippen LogP contribution in [-0.2, 0) is 0 Å². The molecule has 0 aliphatic carbocycles. The van der Waals surface area contributed by atoms with Crippen LogP contribution in [0.25, 0.3) is 11.1 Å². The van der Waals surface area contributed by atoms with Crippen molar-refractivity contribution in [2.24, 2.45) is 5.16 Å². The zero-order valence-electron chi connectivity index (χ0n) is 8.84. The number of benzene rings is 2. The minimum Gasteiger partial charge on any atom is -0.505 e. The van der Waals surface area contributed by atoms with Crippen LogP contribution in [0.15, 0.2) is 47.6 Å². The standard InChI is InChI=1S/C13H10FNO2/c14-12-7-11(5-6-13(12)16)10-3-1-9(2-4-10)8-15-17/h1-8,16-17H. The Bertz CT molecular complexity index is 550. The van der Waals surface area contributed by atoms with Gasteiger partial charge < -0.3 is 10.3 Å². The fourth-order valence-electron chi connectivity index (χ4n) is 1.51. The van der Waals surface area contributed by atoms with Crippen LogP contribution in [0.5, 0.6) is 5.75 Å². The first-order valence-corrected chi connectivity index (χ1v) is 4.97. The number of phenolic OH excluding ortho intramolecular Hbond substituents is 1. The lowest BCUT2D eigenvalue weighted by atomic mass is 10.0. The van der Waals surface area contributed by atoms with Gasteiger partial charge in [-0.3, -0.25) is 0 Å². The number of rotatable bonds is 2. The summed E-state index contributed by atoms with van der Waals surface area (Å²) in [5.74, 6) is -1.01. The second-order valence-electron chi connectivity index (χ2n) is 3.53. The molecular weight excluding hydrogens is 221 g/mol. The summed E-state index contributed by atoms with van der Waals surface area (Å²) in [4.78, 5) is 0. The van der Waals surface area contributed by atoms with E-state index < -0.39 is 5.82 Å². The maximum absolute atomic E-state index is 13.2. The van der Waals surface area contributed by atoms with E-state index in [1.54, 1.807) is 30.3 Å². The van der Waals surface area contributed by atoms with Crippen LogP contribution in [0.2, 0.25) is 0 Å². The lowest BCUT2D eigenvalue weighted by Crippen LogP contribution is -1.84. The molecule has 0 atom stereocenters. The summed E-state index contributed by atoms with van der Waals surface area (Å²) >= 11 is 0. The molecule has 2 aromatic carbocycles. The predicted molar refractivity (Wildman–Crippen MR) is 62.9 cm³/mol. The van der Waals surface area contributed by atoms with Crippen molar-refractivity contribution >= 4 is 6.21 Å². The van der Waals surface area contributed by atoms with E-state index >= 15 is 0 Å². The number of phenols is 1. The topological polar surface area (TPSA) is 52.8 Å². The Kier molecular flexibility index (Phi) is 3.05. The van der Waals surface area contributed by atoms with Crippen LogP contribution < -0.4 is 0 Å². The Labute approximate surface area is 97.5 Å². The van der Waals surface area contributed by atoms with Crippen LogP contribution in [0, 0.1) is 5.82 Å². The van der Waals surface area contributed by atoms with Crippen LogP contribution in [0.1, 0.15) is 5.56 Å². The number of hydrogen-bond acceptors (Lipinski definition) is 3. The molecule has 0 fully saturated rings. The lowest BCUT2D eigenvalue weighted by Gasteiger charge is -2.03. The highest BCUT2D eigenvalue weighted by molar-refractivity contribution is 5.80. The fraction of sp³-hybridized carbons (Fsp3) is 0. The Morgan fingerprint density at radius 2 is 1.65 bits per heavy atom. The van der Waals surface area contributed by atoms with Crippen LogP contribution in [0.4, 0.5) is 4.39 Å². The highest BCUT2D eigenvalue weighted by atomic mass is 19.1. The van der Waals surface area contributed by atoms with E-state index in [4.69, 9.17) is 10.3 Å². The molecule has 0 heterocycles. The van der Waals surface area contributed by atoms with E-state index in [-0.39, 0.29) is 5.75 Å². The van der Waals surface area contributed by atoms with Gasteiger partial charge in [0.25, 0.3) is 0 Å². The van der Waals surface area contributed by atoms with Crippen molar-refractivity contribution < 1.29 is 14.7 Å². The van der Waals surface area contributed by atoms with Crippen molar-refractivity contribution in [3.63, 3.8) is 0 Å². The Hall–Kier alpha value is -2.36. The SMILES string of the molecule is ON=Cc1ccc(-c2ccc(O)c(F)c2)cc1. The Balaban J connectivity index is 2.36. The smallest absolute Gasteiger partial charge is 0.165 e. The second kappa shape index (κ2) is 4.65. The summed E-state index contributed by atoms with van der Waals surface area (Å²) in [6, 6.07) is 11.3. The van der Waals surface area contributed by atoms with Gasteiger partial charge in [-0.15, -0.1) is 0 Å². The van der Waals surface area contributed by atoms with Gasteiger partial charge in [-0.05, 0) is 28.8 Å². The first kappa shape index (κ1) is 11.1. The normalized spacial score (nSPS) is 10.9. The molecule has 2 N–H and O–H groups in total. The van der Waals surface area contributed by atoms with E-state index in [1.165, 1.54) is 18.3 Å². The van der Waals surface area contributed by atoms with Gasteiger partial charge in [-0.25, -0.2) is 4.39 Å². The molecule has 0 radical (unpaired) electrons. The minimum atomic E-state index is -0.650. The zero-order chi connectivity index (χ0) is 12.3. The second-order valence-corrected chi connectivity index (χ2v) is 3.53. The molecule has 0 aliphatic heterocycles. The van der Waals surface area contributed by atoms with E-state index in [9.17, 15) is 4.39 Å². The van der Waals surface area contributed by atoms with Crippen LogP contribution in [0.3, 0.4) is 0 Å². The van der Waals surface area contributed by atoms with Gasteiger partial charge in [-0.1, -0.05) is 35.5 Å². The minimum absolute atomic E-state index is 0.363. The van der Waals surface area contributed by atoms with E-state index in [1.807, 2.05) is 0 Å². The molecule has 0 saturated carbocycles. The highest BCUT2D eigenvalue weighted by Gasteiger charge is 2.03. The van der Waals surface area contributed by atoms with Crippen LogP contribution >= 0.6 is 0 Å². The summed E-state index contributed by atoms with van der Waals surface area (Å²) in [5.41, 5.74) is 2.24. The quantitative estimate of drug-likeness (QED) is 0.474. The van der Waals surface area contributed by atoms with Crippen molar-refractivity contribution in [2.75, 3.05) is 0 Å². The van der Waals surface area contributed by atoms with Gasteiger partial charge in [0.15, 0.2) is 11.6 Å². The molecule has 86 valence electrons. The molecular formula is C13H10FNO2. The number of halogens is 1. The first-order chi connectivity index (χ1) is 8.20. The molecule has 0 spiro atoms. The van der Waals surface area contributed by atoms with Gasteiger partial charge in [-0.2, -0.15) is 0 Å². The van der Waals surface area contributed by atoms with E-state index in [0.29, 0.717) is 5.56 Å². The first-order valence-electron chi connectivity index (χ1n) is 4.97. The van der Waals surface area contributed by atoms with E-state index in [0.717, 1.165) is 11.1 Å². The molecule has 2 aromatic rings. The lowest BCUT2D eigenvalue weighted by molar-refractivity contribution is 0.322. The third-order valence-electron chi connectivity index (χ3n) is 2.40. The molecule has 0 bridgehead atoms. The average molecular weight is 231 g/mol. The van der Waals surface area contributed by atoms with Crippen LogP contribution in [-0.4, -0.2) is 16.5 Å². The summed E-state index contributed by atoms with van der Waals surface area (Å²) in [7, 11) is 0. The predicted octanol–water partition coefficient (Wildman–Crippen LogP) is 3.01. The third kappa shape index (κ3) is 2.42. The fourth-order valence-corrected chi connectivity index (χ4v) is 1.51. The van der Waals surface area contributed by atoms with Gasteiger partial charge in [0.05, 0.1) is 6.21 Å². The molecule has 0 aliphatic rings. The molecule has 4 heteroatoms. The number of hydrogen-bond donors (Lipinski definition) is 2. The summed E-state index contributed by atoms with van der Waals surface area (Å²) in [6.07, 6.45) is 1.31. The molecule has 0 amide bonds. The summed E-state index contributed by atoms with van der Waals surface area (Å²) in [5, 5.41) is 20.4. The van der Waals surface area contributed by atoms with Crippen molar-refractivity contribution in [3.8, 4) is 16.9 Å². The maximum atomic E-state index is 13.2. The molecule has 2 rings (SSSR count). The average Bonchev–Trinajstić information content (AvgIpc) is 2.34. The van der Waals surface area contributed by atoms with Crippen molar-refractivity contribution in [1.82, 2.24) is 0 Å².